The Labute approximate surface area is 142 Å². The van der Waals surface area contributed by atoms with Crippen LogP contribution < -0.4 is 10.6 Å². The maximum atomic E-state index is 5.87. The van der Waals surface area contributed by atoms with E-state index in [2.05, 4.69) is 43.3 Å². The second-order valence-corrected chi connectivity index (χ2v) is 8.16. The van der Waals surface area contributed by atoms with E-state index in [1.165, 1.54) is 4.88 Å². The Morgan fingerprint density at radius 1 is 1.48 bits per heavy atom. The summed E-state index contributed by atoms with van der Waals surface area (Å²) in [7, 11) is 0. The van der Waals surface area contributed by atoms with Gasteiger partial charge in [-0.1, -0.05) is 20.8 Å². The molecule has 0 spiro atoms. The topological polar surface area (TPSA) is 58.5 Å². The number of nitrogens with zero attached hydrogens (tertiary/aromatic N) is 2. The Morgan fingerprint density at radius 2 is 2.30 bits per heavy atom. The molecule has 3 rings (SSSR count). The molecule has 1 saturated heterocycles. The second kappa shape index (κ2) is 6.77. The highest BCUT2D eigenvalue weighted by atomic mass is 32.1. The van der Waals surface area contributed by atoms with E-state index in [1.54, 1.807) is 11.3 Å². The van der Waals surface area contributed by atoms with Gasteiger partial charge < -0.3 is 15.4 Å². The molecule has 23 heavy (non-hydrogen) atoms. The number of ether oxygens (including phenoxy) is 1. The fourth-order valence-electron chi connectivity index (χ4n) is 3.82. The lowest BCUT2D eigenvalue weighted by Crippen LogP contribution is -2.67. The first-order chi connectivity index (χ1) is 11.1. The number of guanidine groups is 1. The maximum Gasteiger partial charge on any atom is 0.191 e. The van der Waals surface area contributed by atoms with Gasteiger partial charge in [-0.05, 0) is 19.8 Å². The zero-order valence-electron chi connectivity index (χ0n) is 14.6. The van der Waals surface area contributed by atoms with Gasteiger partial charge in [0.05, 0.1) is 12.6 Å². The van der Waals surface area contributed by atoms with Crippen LogP contribution in [0, 0.1) is 11.3 Å². The van der Waals surface area contributed by atoms with Crippen molar-refractivity contribution in [3.8, 4) is 0 Å². The van der Waals surface area contributed by atoms with Crippen LogP contribution in [0.5, 0.6) is 0 Å². The summed E-state index contributed by atoms with van der Waals surface area (Å²) in [5.74, 6) is 1.50. The summed E-state index contributed by atoms with van der Waals surface area (Å²) in [4.78, 5) is 10.5. The Morgan fingerprint density at radius 3 is 3.00 bits per heavy atom. The summed E-state index contributed by atoms with van der Waals surface area (Å²) in [6.07, 6.45) is 4.55. The summed E-state index contributed by atoms with van der Waals surface area (Å²) in [5, 5.41) is 8.09. The normalized spacial score (nSPS) is 29.0. The van der Waals surface area contributed by atoms with Gasteiger partial charge in [-0.25, -0.2) is 9.98 Å². The van der Waals surface area contributed by atoms with Gasteiger partial charge in [0.15, 0.2) is 5.96 Å². The molecule has 128 valence electrons. The van der Waals surface area contributed by atoms with Crippen molar-refractivity contribution in [3.63, 3.8) is 0 Å². The number of nitrogens with one attached hydrogen (secondary N) is 2. The molecule has 5 nitrogen and oxygen atoms in total. The van der Waals surface area contributed by atoms with Crippen molar-refractivity contribution in [3.05, 3.63) is 16.1 Å². The van der Waals surface area contributed by atoms with E-state index in [1.807, 2.05) is 6.20 Å². The fourth-order valence-corrected chi connectivity index (χ4v) is 4.60. The summed E-state index contributed by atoms with van der Waals surface area (Å²) in [6, 6.07) is 0.426. The third kappa shape index (κ3) is 3.24. The fraction of sp³-hybridized carbons (Fsp3) is 0.765. The van der Waals surface area contributed by atoms with E-state index < -0.39 is 0 Å². The van der Waals surface area contributed by atoms with Gasteiger partial charge in [0.1, 0.15) is 5.01 Å². The van der Waals surface area contributed by atoms with Crippen molar-refractivity contribution in [2.45, 2.75) is 59.2 Å². The number of aromatic nitrogens is 1. The van der Waals surface area contributed by atoms with Crippen LogP contribution in [0.3, 0.4) is 0 Å². The van der Waals surface area contributed by atoms with Crippen LogP contribution in [0.1, 0.15) is 44.0 Å². The molecule has 6 heteroatoms. The second-order valence-electron chi connectivity index (χ2n) is 6.96. The number of hydrogen-bond donors (Lipinski definition) is 2. The van der Waals surface area contributed by atoms with Gasteiger partial charge in [-0.15, -0.1) is 11.3 Å². The van der Waals surface area contributed by atoms with Crippen molar-refractivity contribution in [1.29, 1.82) is 0 Å². The molecular weight excluding hydrogens is 308 g/mol. The van der Waals surface area contributed by atoms with Crippen molar-refractivity contribution in [2.24, 2.45) is 16.3 Å². The largest absolute Gasteiger partial charge is 0.377 e. The lowest BCUT2D eigenvalue weighted by Gasteiger charge is -2.54. The van der Waals surface area contributed by atoms with Crippen LogP contribution in [0.25, 0.3) is 0 Å². The highest BCUT2D eigenvalue weighted by Gasteiger charge is 2.59. The average Bonchev–Trinajstić information content (AvgIpc) is 3.17. The minimum absolute atomic E-state index is 0.161. The molecule has 1 aliphatic carbocycles. The molecule has 0 amide bonds. The number of aliphatic imine (C=N–C) groups is 1. The molecule has 1 aliphatic heterocycles. The Hall–Kier alpha value is -1.14. The molecule has 2 heterocycles. The van der Waals surface area contributed by atoms with Gasteiger partial charge in [0, 0.05) is 41.6 Å². The number of fused-ring (bicyclic) bond motifs is 1. The van der Waals surface area contributed by atoms with E-state index in [9.17, 15) is 0 Å². The molecule has 2 aliphatic rings. The predicted molar refractivity (Wildman–Crippen MR) is 94.9 cm³/mol. The van der Waals surface area contributed by atoms with Gasteiger partial charge in [-0.3, -0.25) is 0 Å². The van der Waals surface area contributed by atoms with Crippen molar-refractivity contribution < 1.29 is 4.74 Å². The van der Waals surface area contributed by atoms with E-state index in [0.717, 1.165) is 37.0 Å². The number of aryl methyl sites for hydroxylation is 1. The van der Waals surface area contributed by atoms with E-state index >= 15 is 0 Å². The van der Waals surface area contributed by atoms with Crippen LogP contribution in [-0.2, 0) is 17.7 Å². The molecule has 0 aromatic carbocycles. The highest BCUT2D eigenvalue weighted by Crippen LogP contribution is 2.52. The van der Waals surface area contributed by atoms with Gasteiger partial charge in [0.2, 0.25) is 0 Å². The van der Waals surface area contributed by atoms with Gasteiger partial charge >= 0.3 is 0 Å². The van der Waals surface area contributed by atoms with Crippen molar-refractivity contribution in [2.75, 3.05) is 13.2 Å². The molecular formula is C17H28N4OS. The van der Waals surface area contributed by atoms with E-state index in [-0.39, 0.29) is 5.41 Å². The minimum atomic E-state index is 0.161. The molecule has 1 aromatic heterocycles. The Bertz CT molecular complexity index is 569. The number of rotatable bonds is 5. The molecule has 2 N–H and O–H groups in total. The third-order valence-electron chi connectivity index (χ3n) is 5.06. The smallest absolute Gasteiger partial charge is 0.191 e. The zero-order valence-corrected chi connectivity index (χ0v) is 15.4. The minimum Gasteiger partial charge on any atom is -0.377 e. The first-order valence-corrected chi connectivity index (χ1v) is 9.48. The molecule has 2 fully saturated rings. The molecule has 0 radical (unpaired) electrons. The summed E-state index contributed by atoms with van der Waals surface area (Å²) in [5.41, 5.74) is 0.161. The first-order valence-electron chi connectivity index (χ1n) is 8.66. The van der Waals surface area contributed by atoms with Crippen LogP contribution in [0.4, 0.5) is 0 Å². The van der Waals surface area contributed by atoms with Gasteiger partial charge in [-0.2, -0.15) is 0 Å². The van der Waals surface area contributed by atoms with Crippen LogP contribution in [0.15, 0.2) is 11.2 Å². The average molecular weight is 337 g/mol. The standard InChI is InChI=1S/C17H28N4OS/c1-5-11-9-19-13(23-11)10-20-16(18-6-2)21-14-12-7-8-22-15(12)17(14,3)4/h9,12,14-15H,5-8,10H2,1-4H3,(H2,18,20,21). The van der Waals surface area contributed by atoms with Crippen LogP contribution in [0.2, 0.25) is 0 Å². The van der Waals surface area contributed by atoms with E-state index in [0.29, 0.717) is 24.6 Å². The summed E-state index contributed by atoms with van der Waals surface area (Å²) >= 11 is 1.75. The zero-order chi connectivity index (χ0) is 16.4. The lowest BCUT2D eigenvalue weighted by atomic mass is 9.57. The number of hydrogen-bond acceptors (Lipinski definition) is 4. The Balaban J connectivity index is 1.65. The van der Waals surface area contributed by atoms with E-state index in [4.69, 9.17) is 9.73 Å². The molecule has 3 unspecified atom stereocenters. The summed E-state index contributed by atoms with van der Waals surface area (Å²) in [6.45, 7) is 11.2. The monoisotopic (exact) mass is 336 g/mol. The SMILES string of the molecule is CCNC(=NCc1ncc(CC)s1)NC1C2CCOC2C1(C)C. The highest BCUT2D eigenvalue weighted by molar-refractivity contribution is 7.11. The van der Waals surface area contributed by atoms with Gasteiger partial charge in [0.25, 0.3) is 0 Å². The molecule has 1 saturated carbocycles. The maximum absolute atomic E-state index is 5.87. The quantitative estimate of drug-likeness (QED) is 0.641. The molecule has 3 atom stereocenters. The van der Waals surface area contributed by atoms with Crippen molar-refractivity contribution >= 4 is 17.3 Å². The molecule has 0 bridgehead atoms. The number of thiazole rings is 1. The Kier molecular flexibility index (Phi) is 4.92. The molecule has 1 aromatic rings. The first kappa shape index (κ1) is 16.7. The predicted octanol–water partition coefficient (Wildman–Crippen LogP) is 2.57. The van der Waals surface area contributed by atoms with Crippen molar-refractivity contribution in [1.82, 2.24) is 15.6 Å². The third-order valence-corrected chi connectivity index (χ3v) is 6.19. The lowest BCUT2D eigenvalue weighted by molar-refractivity contribution is -0.106. The van der Waals surface area contributed by atoms with Crippen LogP contribution >= 0.6 is 11.3 Å². The van der Waals surface area contributed by atoms with Crippen LogP contribution in [-0.4, -0.2) is 36.2 Å². The summed E-state index contributed by atoms with van der Waals surface area (Å²) < 4.78 is 5.87.